The number of carbonyl (C=O) groups is 1. The maximum absolute atomic E-state index is 11.5. The lowest BCUT2D eigenvalue weighted by Gasteiger charge is -2.38. The third-order valence-electron chi connectivity index (χ3n) is 5.72. The highest BCUT2D eigenvalue weighted by atomic mass is 32.1. The first-order valence-corrected chi connectivity index (χ1v) is 10.4. The summed E-state index contributed by atoms with van der Waals surface area (Å²) in [5, 5.41) is 24.5. The lowest BCUT2D eigenvalue weighted by Crippen LogP contribution is -2.43. The Bertz CT molecular complexity index is 840. The Labute approximate surface area is 163 Å². The number of thiophene rings is 1. The number of β-amino-alcohol motifs (C(OH)–C–C–N with tert-alkyl or cyclic N) is 1. The Hall–Kier alpha value is -1.73. The van der Waals surface area contributed by atoms with Crippen LogP contribution in [0.1, 0.15) is 46.2 Å². The van der Waals surface area contributed by atoms with Gasteiger partial charge in [-0.15, -0.1) is 11.3 Å². The lowest BCUT2D eigenvalue weighted by atomic mass is 9.89. The van der Waals surface area contributed by atoms with Crippen LogP contribution in [0.15, 0.2) is 30.3 Å². The number of nitrogens with zero attached hydrogens (tertiary/aromatic N) is 1. The Morgan fingerprint density at radius 2 is 2.00 bits per heavy atom. The SMILES string of the molecule is Cc1ccc(C2(O)CCN(CC(O)c3ccc4c(c3)CCC(=O)N4)CC2)s1. The number of benzene rings is 1. The second kappa shape index (κ2) is 7.36. The predicted octanol–water partition coefficient (Wildman–Crippen LogP) is 2.96. The molecule has 0 bridgehead atoms. The minimum Gasteiger partial charge on any atom is -0.387 e. The highest BCUT2D eigenvalue weighted by molar-refractivity contribution is 7.12. The second-order valence-electron chi connectivity index (χ2n) is 7.72. The van der Waals surface area contributed by atoms with Gasteiger partial charge in [-0.25, -0.2) is 0 Å². The van der Waals surface area contributed by atoms with Crippen molar-refractivity contribution in [2.45, 2.75) is 44.3 Å². The van der Waals surface area contributed by atoms with E-state index < -0.39 is 11.7 Å². The van der Waals surface area contributed by atoms with Gasteiger partial charge in [0.25, 0.3) is 0 Å². The third kappa shape index (κ3) is 3.94. The molecule has 1 atom stereocenters. The number of amides is 1. The molecule has 2 aliphatic rings. The summed E-state index contributed by atoms with van der Waals surface area (Å²) in [4.78, 5) is 16.0. The van der Waals surface area contributed by atoms with Crippen LogP contribution < -0.4 is 5.32 Å². The maximum atomic E-state index is 11.5. The van der Waals surface area contributed by atoms with E-state index in [1.54, 1.807) is 11.3 Å². The highest BCUT2D eigenvalue weighted by Gasteiger charge is 2.35. The largest absolute Gasteiger partial charge is 0.387 e. The zero-order valence-electron chi connectivity index (χ0n) is 15.6. The number of aliphatic hydroxyl groups excluding tert-OH is 1. The summed E-state index contributed by atoms with van der Waals surface area (Å²) in [5.74, 6) is 0.0533. The molecule has 1 amide bonds. The number of hydrogen-bond acceptors (Lipinski definition) is 5. The van der Waals surface area contributed by atoms with Crippen molar-refractivity contribution in [3.63, 3.8) is 0 Å². The normalized spacial score (nSPS) is 20.8. The molecular formula is C21H26N2O3S. The number of aryl methyl sites for hydroxylation is 2. The standard InChI is InChI=1S/C21H26N2O3S/c1-14-2-6-19(27-14)21(26)8-10-23(11-9-21)13-18(24)16-3-5-17-15(12-16)4-7-20(25)22-17/h2-3,5-6,12,18,24,26H,4,7-11,13H2,1H3,(H,22,25). The van der Waals surface area contributed by atoms with E-state index in [0.29, 0.717) is 25.8 Å². The van der Waals surface area contributed by atoms with Crippen LogP contribution in [0.4, 0.5) is 5.69 Å². The van der Waals surface area contributed by atoms with Gasteiger partial charge in [0.2, 0.25) is 5.91 Å². The van der Waals surface area contributed by atoms with Crippen molar-refractivity contribution in [2.75, 3.05) is 25.0 Å². The van der Waals surface area contributed by atoms with E-state index in [0.717, 1.165) is 41.2 Å². The zero-order chi connectivity index (χ0) is 19.0. The van der Waals surface area contributed by atoms with Crippen LogP contribution in [0.2, 0.25) is 0 Å². The number of aliphatic hydroxyl groups is 2. The van der Waals surface area contributed by atoms with Gasteiger partial charge in [-0.3, -0.25) is 4.79 Å². The molecular weight excluding hydrogens is 360 g/mol. The lowest BCUT2D eigenvalue weighted by molar-refractivity contribution is -0.116. The van der Waals surface area contributed by atoms with Crippen LogP contribution in [-0.4, -0.2) is 40.7 Å². The van der Waals surface area contributed by atoms with E-state index in [1.807, 2.05) is 24.3 Å². The number of nitrogens with one attached hydrogen (secondary N) is 1. The van der Waals surface area contributed by atoms with Crippen LogP contribution in [0.25, 0.3) is 0 Å². The molecule has 0 spiro atoms. The quantitative estimate of drug-likeness (QED) is 0.755. The van der Waals surface area contributed by atoms with Crippen molar-refractivity contribution in [1.82, 2.24) is 4.90 Å². The van der Waals surface area contributed by atoms with E-state index >= 15 is 0 Å². The van der Waals surface area contributed by atoms with Crippen molar-refractivity contribution in [2.24, 2.45) is 0 Å². The van der Waals surface area contributed by atoms with E-state index in [1.165, 1.54) is 4.88 Å². The van der Waals surface area contributed by atoms with E-state index in [-0.39, 0.29) is 5.91 Å². The van der Waals surface area contributed by atoms with Crippen LogP contribution in [0.5, 0.6) is 0 Å². The van der Waals surface area contributed by atoms with Crippen LogP contribution >= 0.6 is 11.3 Å². The smallest absolute Gasteiger partial charge is 0.224 e. The van der Waals surface area contributed by atoms with Crippen molar-refractivity contribution >= 4 is 22.9 Å². The molecule has 3 heterocycles. The average Bonchev–Trinajstić information content (AvgIpc) is 3.10. The van der Waals surface area contributed by atoms with Gasteiger partial charge in [0.1, 0.15) is 5.60 Å². The summed E-state index contributed by atoms with van der Waals surface area (Å²) >= 11 is 1.67. The Balaban J connectivity index is 1.37. The minimum absolute atomic E-state index is 0.0533. The molecule has 3 N–H and O–H groups in total. The molecule has 1 unspecified atom stereocenters. The van der Waals surface area contributed by atoms with Gasteiger partial charge in [0.15, 0.2) is 0 Å². The molecule has 0 saturated carbocycles. The molecule has 27 heavy (non-hydrogen) atoms. The van der Waals surface area contributed by atoms with Gasteiger partial charge in [-0.05, 0) is 55.5 Å². The van der Waals surface area contributed by atoms with E-state index in [9.17, 15) is 15.0 Å². The summed E-state index contributed by atoms with van der Waals surface area (Å²) in [6, 6.07) is 9.89. The minimum atomic E-state index is -0.732. The summed E-state index contributed by atoms with van der Waals surface area (Å²) in [6.45, 7) is 4.16. The summed E-state index contributed by atoms with van der Waals surface area (Å²) in [7, 11) is 0. The number of piperidine rings is 1. The number of fused-ring (bicyclic) bond motifs is 1. The van der Waals surface area contributed by atoms with Gasteiger partial charge in [-0.2, -0.15) is 0 Å². The monoisotopic (exact) mass is 386 g/mol. The van der Waals surface area contributed by atoms with Gasteiger partial charge >= 0.3 is 0 Å². The van der Waals surface area contributed by atoms with Gasteiger partial charge in [0, 0.05) is 41.5 Å². The topological polar surface area (TPSA) is 72.8 Å². The molecule has 2 aliphatic heterocycles. The molecule has 1 aromatic heterocycles. The molecule has 5 nitrogen and oxygen atoms in total. The Kier molecular flexibility index (Phi) is 5.07. The molecule has 1 saturated heterocycles. The molecule has 0 radical (unpaired) electrons. The van der Waals surface area contributed by atoms with Crippen molar-refractivity contribution in [1.29, 1.82) is 0 Å². The first kappa shape index (κ1) is 18.6. The van der Waals surface area contributed by atoms with Crippen molar-refractivity contribution < 1.29 is 15.0 Å². The molecule has 1 fully saturated rings. The first-order chi connectivity index (χ1) is 12.9. The summed E-state index contributed by atoms with van der Waals surface area (Å²) in [5.41, 5.74) is 2.10. The van der Waals surface area contributed by atoms with Gasteiger partial charge in [-0.1, -0.05) is 12.1 Å². The molecule has 144 valence electrons. The van der Waals surface area contributed by atoms with Crippen LogP contribution in [-0.2, 0) is 16.8 Å². The number of hydrogen-bond donors (Lipinski definition) is 3. The maximum Gasteiger partial charge on any atom is 0.224 e. The average molecular weight is 387 g/mol. The zero-order valence-corrected chi connectivity index (χ0v) is 16.4. The van der Waals surface area contributed by atoms with Gasteiger partial charge < -0.3 is 20.4 Å². The number of carbonyl (C=O) groups excluding carboxylic acids is 1. The second-order valence-corrected chi connectivity index (χ2v) is 9.01. The number of likely N-dealkylation sites (tertiary alicyclic amines) is 1. The van der Waals surface area contributed by atoms with Gasteiger partial charge in [0.05, 0.1) is 6.10 Å². The first-order valence-electron chi connectivity index (χ1n) is 9.55. The fraction of sp³-hybridized carbons (Fsp3) is 0.476. The molecule has 1 aromatic carbocycles. The third-order valence-corrected chi connectivity index (χ3v) is 6.92. The van der Waals surface area contributed by atoms with Crippen molar-refractivity contribution in [3.8, 4) is 0 Å². The van der Waals surface area contributed by atoms with E-state index in [2.05, 4.69) is 23.2 Å². The summed E-state index contributed by atoms with van der Waals surface area (Å²) < 4.78 is 0. The fourth-order valence-electron chi connectivity index (χ4n) is 4.00. The predicted molar refractivity (Wildman–Crippen MR) is 107 cm³/mol. The number of anilines is 1. The Morgan fingerprint density at radius 1 is 1.22 bits per heavy atom. The highest BCUT2D eigenvalue weighted by Crippen LogP contribution is 2.37. The molecule has 4 rings (SSSR count). The summed E-state index contributed by atoms with van der Waals surface area (Å²) in [6.07, 6.45) is 2.03. The van der Waals surface area contributed by atoms with Crippen LogP contribution in [0.3, 0.4) is 0 Å². The number of rotatable bonds is 4. The Morgan fingerprint density at radius 3 is 2.70 bits per heavy atom. The fourth-order valence-corrected chi connectivity index (χ4v) is 5.01. The van der Waals surface area contributed by atoms with Crippen molar-refractivity contribution in [3.05, 3.63) is 51.2 Å². The van der Waals surface area contributed by atoms with E-state index in [4.69, 9.17) is 0 Å². The molecule has 2 aromatic rings. The molecule has 6 heteroatoms. The molecule has 0 aliphatic carbocycles. The van der Waals surface area contributed by atoms with Crippen LogP contribution in [0, 0.1) is 6.92 Å².